The van der Waals surface area contributed by atoms with Crippen LogP contribution in [0.5, 0.6) is 0 Å². The highest BCUT2D eigenvalue weighted by Crippen LogP contribution is 2.23. The molecule has 0 saturated carbocycles. The molecule has 2 aromatic rings. The van der Waals surface area contributed by atoms with Gasteiger partial charge in [-0.1, -0.05) is 13.0 Å². The normalized spacial score (nSPS) is 14.5. The minimum atomic E-state index is 0.289. The van der Waals surface area contributed by atoms with Crippen LogP contribution in [0.4, 0.5) is 0 Å². The lowest BCUT2D eigenvalue weighted by Crippen LogP contribution is -2.24. The van der Waals surface area contributed by atoms with Crippen molar-refractivity contribution >= 4 is 11.3 Å². The van der Waals surface area contributed by atoms with Crippen molar-refractivity contribution in [1.82, 2.24) is 15.3 Å². The van der Waals surface area contributed by atoms with Gasteiger partial charge < -0.3 is 5.32 Å². The van der Waals surface area contributed by atoms with Gasteiger partial charge in [0, 0.05) is 30.0 Å². The maximum absolute atomic E-state index is 4.37. The summed E-state index contributed by atoms with van der Waals surface area (Å²) in [5.41, 5.74) is 1.21. The van der Waals surface area contributed by atoms with Crippen molar-refractivity contribution in [2.24, 2.45) is 0 Å². The number of hydrogen-bond donors (Lipinski definition) is 1. The molecular formula is C13H17N3S. The molecule has 2 unspecified atom stereocenters. The largest absolute Gasteiger partial charge is 0.301 e. The summed E-state index contributed by atoms with van der Waals surface area (Å²) in [5, 5.41) is 6.77. The molecule has 2 heterocycles. The Hall–Kier alpha value is -1.26. The zero-order chi connectivity index (χ0) is 12.1. The molecule has 0 radical (unpaired) electrons. The molecule has 90 valence electrons. The molecule has 17 heavy (non-hydrogen) atoms. The molecule has 0 aliphatic rings. The number of nitrogens with one attached hydrogen (secondary N) is 1. The average molecular weight is 247 g/mol. The van der Waals surface area contributed by atoms with Crippen LogP contribution in [0.3, 0.4) is 0 Å². The number of thiazole rings is 1. The van der Waals surface area contributed by atoms with E-state index in [0.29, 0.717) is 6.04 Å². The summed E-state index contributed by atoms with van der Waals surface area (Å²) in [4.78, 5) is 8.52. The van der Waals surface area contributed by atoms with Crippen molar-refractivity contribution in [2.45, 2.75) is 32.4 Å². The van der Waals surface area contributed by atoms with Crippen LogP contribution in [0.15, 0.2) is 36.1 Å². The molecule has 0 bridgehead atoms. The van der Waals surface area contributed by atoms with Crippen LogP contribution in [0.2, 0.25) is 0 Å². The van der Waals surface area contributed by atoms with Crippen LogP contribution < -0.4 is 5.32 Å². The number of aromatic nitrogens is 2. The summed E-state index contributed by atoms with van der Waals surface area (Å²) in [6.07, 6.45) is 6.61. The average Bonchev–Trinajstić information content (AvgIpc) is 2.90. The molecule has 0 amide bonds. The number of pyridine rings is 1. The van der Waals surface area contributed by atoms with Gasteiger partial charge in [0.25, 0.3) is 0 Å². The zero-order valence-corrected chi connectivity index (χ0v) is 10.9. The fourth-order valence-corrected chi connectivity index (χ4v) is 2.58. The van der Waals surface area contributed by atoms with Crippen molar-refractivity contribution in [3.63, 3.8) is 0 Å². The van der Waals surface area contributed by atoms with Crippen molar-refractivity contribution in [3.05, 3.63) is 46.7 Å². The lowest BCUT2D eigenvalue weighted by molar-refractivity contribution is 0.454. The molecule has 1 N–H and O–H groups in total. The van der Waals surface area contributed by atoms with E-state index in [-0.39, 0.29) is 6.04 Å². The van der Waals surface area contributed by atoms with Crippen molar-refractivity contribution in [3.8, 4) is 0 Å². The predicted molar refractivity (Wildman–Crippen MR) is 70.9 cm³/mol. The van der Waals surface area contributed by atoms with E-state index in [1.807, 2.05) is 23.8 Å². The highest BCUT2D eigenvalue weighted by atomic mass is 32.1. The summed E-state index contributed by atoms with van der Waals surface area (Å²) >= 11 is 1.70. The smallest absolute Gasteiger partial charge is 0.109 e. The third-order valence-corrected chi connectivity index (χ3v) is 3.68. The maximum Gasteiger partial charge on any atom is 0.109 e. The van der Waals surface area contributed by atoms with Gasteiger partial charge in [-0.2, -0.15) is 0 Å². The van der Waals surface area contributed by atoms with Gasteiger partial charge in [0.2, 0.25) is 0 Å². The summed E-state index contributed by atoms with van der Waals surface area (Å²) in [7, 11) is 0. The van der Waals surface area contributed by atoms with Crippen LogP contribution in [-0.4, -0.2) is 9.97 Å². The molecule has 2 aromatic heterocycles. The first kappa shape index (κ1) is 12.2. The first-order valence-electron chi connectivity index (χ1n) is 5.86. The highest BCUT2D eigenvalue weighted by molar-refractivity contribution is 7.09. The second-order valence-electron chi connectivity index (χ2n) is 4.01. The van der Waals surface area contributed by atoms with Gasteiger partial charge in [-0.25, -0.2) is 4.98 Å². The van der Waals surface area contributed by atoms with Gasteiger partial charge in [0.05, 0.1) is 6.04 Å². The molecule has 0 spiro atoms. The van der Waals surface area contributed by atoms with Gasteiger partial charge >= 0.3 is 0 Å². The topological polar surface area (TPSA) is 37.8 Å². The van der Waals surface area contributed by atoms with Crippen LogP contribution >= 0.6 is 11.3 Å². The Morgan fingerprint density at radius 1 is 1.41 bits per heavy atom. The van der Waals surface area contributed by atoms with Gasteiger partial charge in [0.1, 0.15) is 5.01 Å². The summed E-state index contributed by atoms with van der Waals surface area (Å²) in [6.45, 7) is 4.34. The third-order valence-electron chi connectivity index (χ3n) is 2.79. The Labute approximate surface area is 106 Å². The van der Waals surface area contributed by atoms with E-state index in [9.17, 15) is 0 Å². The molecule has 2 atom stereocenters. The Morgan fingerprint density at radius 2 is 2.29 bits per heavy atom. The fraction of sp³-hybridized carbons (Fsp3) is 0.385. The zero-order valence-electron chi connectivity index (χ0n) is 10.1. The van der Waals surface area contributed by atoms with E-state index in [4.69, 9.17) is 0 Å². The van der Waals surface area contributed by atoms with E-state index in [1.54, 1.807) is 17.5 Å². The number of hydrogen-bond acceptors (Lipinski definition) is 4. The first-order valence-corrected chi connectivity index (χ1v) is 6.74. The molecular weight excluding hydrogens is 230 g/mol. The minimum Gasteiger partial charge on any atom is -0.301 e. The second kappa shape index (κ2) is 5.89. The van der Waals surface area contributed by atoms with Gasteiger partial charge in [-0.05, 0) is 25.0 Å². The molecule has 0 aliphatic heterocycles. The minimum absolute atomic E-state index is 0.289. The third kappa shape index (κ3) is 3.11. The van der Waals surface area contributed by atoms with E-state index < -0.39 is 0 Å². The summed E-state index contributed by atoms with van der Waals surface area (Å²) < 4.78 is 0. The van der Waals surface area contributed by atoms with Crippen molar-refractivity contribution in [2.75, 3.05) is 0 Å². The number of nitrogens with zero attached hydrogens (tertiary/aromatic N) is 2. The van der Waals surface area contributed by atoms with Crippen LogP contribution in [-0.2, 0) is 0 Å². The van der Waals surface area contributed by atoms with Crippen LogP contribution in [0, 0.1) is 0 Å². The standard InChI is InChI=1S/C13H17N3S/c1-3-12(13-15-7-8-17-13)16-10(2)11-5-4-6-14-9-11/h4-10,12,16H,3H2,1-2H3. The van der Waals surface area contributed by atoms with Crippen LogP contribution in [0.25, 0.3) is 0 Å². The molecule has 4 heteroatoms. The molecule has 0 aromatic carbocycles. The van der Waals surface area contributed by atoms with Crippen molar-refractivity contribution in [1.29, 1.82) is 0 Å². The first-order chi connectivity index (χ1) is 8.31. The highest BCUT2D eigenvalue weighted by Gasteiger charge is 2.15. The Bertz CT molecular complexity index is 427. The SMILES string of the molecule is CCC(NC(C)c1cccnc1)c1nccs1. The van der Waals surface area contributed by atoms with E-state index >= 15 is 0 Å². The Kier molecular flexibility index (Phi) is 4.23. The molecule has 0 fully saturated rings. The maximum atomic E-state index is 4.37. The molecule has 2 rings (SSSR count). The van der Waals surface area contributed by atoms with Gasteiger partial charge in [0.15, 0.2) is 0 Å². The second-order valence-corrected chi connectivity index (χ2v) is 4.93. The molecule has 0 aliphatic carbocycles. The van der Waals surface area contributed by atoms with E-state index in [0.717, 1.165) is 11.4 Å². The van der Waals surface area contributed by atoms with Gasteiger partial charge in [-0.3, -0.25) is 4.98 Å². The summed E-state index contributed by atoms with van der Waals surface area (Å²) in [5.74, 6) is 0. The molecule has 0 saturated heterocycles. The van der Waals surface area contributed by atoms with E-state index in [2.05, 4.69) is 35.2 Å². The lowest BCUT2D eigenvalue weighted by atomic mass is 10.1. The summed E-state index contributed by atoms with van der Waals surface area (Å²) in [6, 6.07) is 4.68. The Morgan fingerprint density at radius 3 is 2.88 bits per heavy atom. The fourth-order valence-electron chi connectivity index (χ4n) is 1.80. The van der Waals surface area contributed by atoms with Crippen molar-refractivity contribution < 1.29 is 0 Å². The molecule has 3 nitrogen and oxygen atoms in total. The Balaban J connectivity index is 2.05. The number of rotatable bonds is 5. The van der Waals surface area contributed by atoms with E-state index in [1.165, 1.54) is 5.56 Å². The van der Waals surface area contributed by atoms with Gasteiger partial charge in [-0.15, -0.1) is 11.3 Å². The van der Waals surface area contributed by atoms with Crippen LogP contribution in [0.1, 0.15) is 42.9 Å². The monoisotopic (exact) mass is 247 g/mol. The quantitative estimate of drug-likeness (QED) is 0.880. The lowest BCUT2D eigenvalue weighted by Gasteiger charge is -2.20. The predicted octanol–water partition coefficient (Wildman–Crippen LogP) is 3.34.